The predicted octanol–water partition coefficient (Wildman–Crippen LogP) is 4.86. The summed E-state index contributed by atoms with van der Waals surface area (Å²) in [6.45, 7) is 1.96. The minimum atomic E-state index is -0.581. The molecule has 104 valence electrons. The molecule has 1 aliphatic rings. The third-order valence-electron chi connectivity index (χ3n) is 3.61. The second kappa shape index (κ2) is 5.28. The minimum Gasteiger partial charge on any atom is -0.485 e. The molecule has 1 unspecified atom stereocenters. The molecule has 0 fully saturated rings. The Labute approximate surface area is 127 Å². The van der Waals surface area contributed by atoms with E-state index in [0.29, 0.717) is 22.2 Å². The normalized spacial score (nSPS) is 21.2. The van der Waals surface area contributed by atoms with Crippen LogP contribution in [0, 0.1) is 6.92 Å². The maximum Gasteiger partial charge on any atom is 0.127 e. The maximum absolute atomic E-state index is 10.3. The molecule has 1 N–H and O–H groups in total. The number of ether oxygens (including phenoxy) is 1. The van der Waals surface area contributed by atoms with Gasteiger partial charge in [0.1, 0.15) is 11.9 Å². The van der Waals surface area contributed by atoms with Crippen LogP contribution in [0.25, 0.3) is 0 Å². The summed E-state index contributed by atoms with van der Waals surface area (Å²) in [7, 11) is 0. The van der Waals surface area contributed by atoms with Crippen molar-refractivity contribution in [3.8, 4) is 5.75 Å². The van der Waals surface area contributed by atoms with Crippen LogP contribution in [0.5, 0.6) is 5.75 Å². The summed E-state index contributed by atoms with van der Waals surface area (Å²) in [5.74, 6) is 0.676. The van der Waals surface area contributed by atoms with Crippen molar-refractivity contribution in [2.24, 2.45) is 0 Å². The van der Waals surface area contributed by atoms with Crippen molar-refractivity contribution < 1.29 is 9.84 Å². The van der Waals surface area contributed by atoms with Gasteiger partial charge in [0, 0.05) is 22.0 Å². The molecule has 4 heteroatoms. The fraction of sp³-hybridized carbons (Fsp3) is 0.250. The molecule has 0 aliphatic carbocycles. The largest absolute Gasteiger partial charge is 0.485 e. The number of halogens is 2. The molecule has 1 heterocycles. The molecule has 0 spiro atoms. The van der Waals surface area contributed by atoms with Gasteiger partial charge in [0.25, 0.3) is 0 Å². The highest BCUT2D eigenvalue weighted by atomic mass is 35.5. The van der Waals surface area contributed by atoms with Gasteiger partial charge < -0.3 is 9.84 Å². The molecule has 0 bridgehead atoms. The molecule has 2 aromatic carbocycles. The molecule has 0 saturated heterocycles. The first-order chi connectivity index (χ1) is 9.54. The van der Waals surface area contributed by atoms with E-state index in [9.17, 15) is 5.11 Å². The predicted molar refractivity (Wildman–Crippen MR) is 80.6 cm³/mol. The topological polar surface area (TPSA) is 29.5 Å². The van der Waals surface area contributed by atoms with Crippen LogP contribution < -0.4 is 4.74 Å². The monoisotopic (exact) mass is 308 g/mol. The first-order valence-corrected chi connectivity index (χ1v) is 7.20. The smallest absolute Gasteiger partial charge is 0.127 e. The van der Waals surface area contributed by atoms with E-state index in [2.05, 4.69) is 0 Å². The number of aryl methyl sites for hydroxylation is 1. The summed E-state index contributed by atoms with van der Waals surface area (Å²) < 4.78 is 5.96. The number of aliphatic hydroxyl groups excluding tert-OH is 1. The highest BCUT2D eigenvalue weighted by molar-refractivity contribution is 6.31. The van der Waals surface area contributed by atoms with Gasteiger partial charge in [-0.2, -0.15) is 0 Å². The van der Waals surface area contributed by atoms with Crippen LogP contribution in [-0.2, 0) is 0 Å². The van der Waals surface area contributed by atoms with Gasteiger partial charge in [0.2, 0.25) is 0 Å². The van der Waals surface area contributed by atoms with E-state index < -0.39 is 6.10 Å². The van der Waals surface area contributed by atoms with E-state index in [-0.39, 0.29) is 6.10 Å². The number of fused-ring (bicyclic) bond motifs is 1. The molecular weight excluding hydrogens is 295 g/mol. The van der Waals surface area contributed by atoms with E-state index in [1.165, 1.54) is 0 Å². The van der Waals surface area contributed by atoms with Crippen molar-refractivity contribution in [1.82, 2.24) is 0 Å². The molecule has 0 saturated carbocycles. The SMILES string of the molecule is Cc1ccc(C2C[C@@H](O)c3cc(Cl)ccc3O2)cc1Cl. The van der Waals surface area contributed by atoms with Crippen LogP contribution in [0.1, 0.15) is 35.3 Å². The molecule has 0 amide bonds. The van der Waals surface area contributed by atoms with Gasteiger partial charge in [-0.1, -0.05) is 35.3 Å². The Kier molecular flexibility index (Phi) is 3.63. The summed E-state index contributed by atoms with van der Waals surface area (Å²) in [5.41, 5.74) is 2.74. The van der Waals surface area contributed by atoms with Gasteiger partial charge in [-0.05, 0) is 42.3 Å². The fourth-order valence-electron chi connectivity index (χ4n) is 2.43. The average molecular weight is 309 g/mol. The zero-order valence-electron chi connectivity index (χ0n) is 10.9. The molecule has 3 rings (SSSR count). The van der Waals surface area contributed by atoms with Crippen LogP contribution in [-0.4, -0.2) is 5.11 Å². The van der Waals surface area contributed by atoms with Gasteiger partial charge in [0.15, 0.2) is 0 Å². The molecule has 2 atom stereocenters. The number of aliphatic hydroxyl groups is 1. The Morgan fingerprint density at radius 2 is 1.95 bits per heavy atom. The van der Waals surface area contributed by atoms with Crippen molar-refractivity contribution in [3.05, 3.63) is 63.1 Å². The lowest BCUT2D eigenvalue weighted by molar-refractivity contribution is 0.0657. The second-order valence-corrected chi connectivity index (χ2v) is 5.89. The summed E-state index contributed by atoms with van der Waals surface area (Å²) in [5, 5.41) is 11.6. The summed E-state index contributed by atoms with van der Waals surface area (Å²) in [6.07, 6.45) is -0.286. The Hall–Kier alpha value is -1.22. The maximum atomic E-state index is 10.3. The summed E-state index contributed by atoms with van der Waals surface area (Å²) in [4.78, 5) is 0. The number of benzene rings is 2. The highest BCUT2D eigenvalue weighted by Crippen LogP contribution is 2.42. The van der Waals surface area contributed by atoms with Gasteiger partial charge in [-0.3, -0.25) is 0 Å². The second-order valence-electron chi connectivity index (χ2n) is 5.05. The van der Waals surface area contributed by atoms with E-state index in [1.54, 1.807) is 18.2 Å². The van der Waals surface area contributed by atoms with Gasteiger partial charge >= 0.3 is 0 Å². The van der Waals surface area contributed by atoms with Crippen molar-refractivity contribution in [2.45, 2.75) is 25.6 Å². The van der Waals surface area contributed by atoms with Crippen molar-refractivity contribution in [3.63, 3.8) is 0 Å². The quantitative estimate of drug-likeness (QED) is 0.815. The number of hydrogen-bond acceptors (Lipinski definition) is 2. The molecule has 0 aromatic heterocycles. The Balaban J connectivity index is 1.94. The minimum absolute atomic E-state index is 0.197. The molecular formula is C16H14Cl2O2. The van der Waals surface area contributed by atoms with E-state index >= 15 is 0 Å². The lowest BCUT2D eigenvalue weighted by Crippen LogP contribution is -2.19. The van der Waals surface area contributed by atoms with Crippen LogP contribution in [0.3, 0.4) is 0 Å². The van der Waals surface area contributed by atoms with Gasteiger partial charge in [-0.15, -0.1) is 0 Å². The zero-order chi connectivity index (χ0) is 14.3. The fourth-order valence-corrected chi connectivity index (χ4v) is 2.80. The Morgan fingerprint density at radius 3 is 2.70 bits per heavy atom. The third-order valence-corrected chi connectivity index (χ3v) is 4.25. The van der Waals surface area contributed by atoms with Crippen LogP contribution in [0.4, 0.5) is 0 Å². The summed E-state index contributed by atoms with van der Waals surface area (Å²) >= 11 is 12.1. The Morgan fingerprint density at radius 1 is 1.15 bits per heavy atom. The van der Waals surface area contributed by atoms with Crippen LogP contribution >= 0.6 is 23.2 Å². The van der Waals surface area contributed by atoms with Crippen molar-refractivity contribution in [1.29, 1.82) is 0 Å². The highest BCUT2D eigenvalue weighted by Gasteiger charge is 2.28. The van der Waals surface area contributed by atoms with Crippen LogP contribution in [0.2, 0.25) is 10.0 Å². The van der Waals surface area contributed by atoms with E-state index in [0.717, 1.165) is 16.7 Å². The molecule has 0 radical (unpaired) electrons. The molecule has 2 nitrogen and oxygen atoms in total. The lowest BCUT2D eigenvalue weighted by atomic mass is 9.94. The standard InChI is InChI=1S/C16H14Cl2O2/c1-9-2-3-10(6-13(9)18)16-8-14(19)12-7-11(17)4-5-15(12)20-16/h2-7,14,16,19H,8H2,1H3/t14-,16?/m1/s1. The summed E-state index contributed by atoms with van der Waals surface area (Å²) in [6, 6.07) is 11.2. The Bertz CT molecular complexity index is 655. The molecule has 20 heavy (non-hydrogen) atoms. The van der Waals surface area contributed by atoms with Crippen LogP contribution in [0.15, 0.2) is 36.4 Å². The molecule has 1 aliphatic heterocycles. The number of hydrogen-bond donors (Lipinski definition) is 1. The zero-order valence-corrected chi connectivity index (χ0v) is 12.4. The third kappa shape index (κ3) is 2.51. The molecule has 2 aromatic rings. The number of rotatable bonds is 1. The average Bonchev–Trinajstić information content (AvgIpc) is 2.42. The van der Waals surface area contributed by atoms with Gasteiger partial charge in [0.05, 0.1) is 6.10 Å². The van der Waals surface area contributed by atoms with E-state index in [4.69, 9.17) is 27.9 Å². The first kappa shape index (κ1) is 13.7. The van der Waals surface area contributed by atoms with Crippen molar-refractivity contribution in [2.75, 3.05) is 0 Å². The first-order valence-electron chi connectivity index (χ1n) is 6.45. The van der Waals surface area contributed by atoms with E-state index in [1.807, 2.05) is 25.1 Å². The van der Waals surface area contributed by atoms with Gasteiger partial charge in [-0.25, -0.2) is 0 Å². The van der Waals surface area contributed by atoms with Crippen molar-refractivity contribution >= 4 is 23.2 Å². The lowest BCUT2D eigenvalue weighted by Gasteiger charge is -2.30.